The fourth-order valence-electron chi connectivity index (χ4n) is 2.01. The Morgan fingerprint density at radius 1 is 1.28 bits per heavy atom. The second-order valence-electron chi connectivity index (χ2n) is 4.85. The monoisotopic (exact) mass is 436 g/mol. The molecule has 1 heterocycles. The quantitative estimate of drug-likeness (QED) is 0.364. The van der Waals surface area contributed by atoms with E-state index in [0.717, 1.165) is 4.47 Å². The molecule has 0 atom stereocenters. The number of thiazole rings is 1. The van der Waals surface area contributed by atoms with E-state index < -0.39 is 4.92 Å². The van der Waals surface area contributed by atoms with Gasteiger partial charge in [-0.3, -0.25) is 20.2 Å². The lowest BCUT2D eigenvalue weighted by Gasteiger charge is -2.07. The topological polar surface area (TPSA) is 97.2 Å². The molecule has 0 saturated carbocycles. The Hall–Kier alpha value is -2.43. The number of aromatic nitrogens is 1. The van der Waals surface area contributed by atoms with Gasteiger partial charge >= 0.3 is 0 Å². The van der Waals surface area contributed by atoms with Crippen molar-refractivity contribution in [2.75, 3.05) is 5.32 Å². The Morgan fingerprint density at radius 2 is 2.08 bits per heavy atom. The van der Waals surface area contributed by atoms with E-state index in [2.05, 4.69) is 31.5 Å². The van der Waals surface area contributed by atoms with Crippen LogP contribution in [-0.2, 0) is 0 Å². The van der Waals surface area contributed by atoms with Gasteiger partial charge in [-0.2, -0.15) is 0 Å². The summed E-state index contributed by atoms with van der Waals surface area (Å²) in [6.07, 6.45) is 0. The summed E-state index contributed by atoms with van der Waals surface area (Å²) < 4.78 is 1.43. The average Bonchev–Trinajstić information content (AvgIpc) is 2.95. The molecule has 0 aliphatic heterocycles. The standard InChI is InChI=1S/C15H9BrN4O3S2/c16-9-3-1-2-8(6-9)13(21)18-14(24)19-15-17-11-5-4-10(20(22)23)7-12(11)25-15/h1-7H,(H2,17,18,19,21,24). The molecule has 0 aliphatic rings. The molecule has 126 valence electrons. The van der Waals surface area contributed by atoms with Crippen molar-refractivity contribution in [1.82, 2.24) is 10.3 Å². The number of nitro benzene ring substituents is 1. The lowest BCUT2D eigenvalue weighted by Crippen LogP contribution is -2.34. The van der Waals surface area contributed by atoms with Crippen molar-refractivity contribution in [2.24, 2.45) is 0 Å². The average molecular weight is 437 g/mol. The third-order valence-electron chi connectivity index (χ3n) is 3.12. The second kappa shape index (κ2) is 7.21. The maximum absolute atomic E-state index is 12.1. The highest BCUT2D eigenvalue weighted by Crippen LogP contribution is 2.29. The molecule has 0 unspecified atom stereocenters. The first kappa shape index (κ1) is 17.4. The number of nitrogens with one attached hydrogen (secondary N) is 2. The number of benzene rings is 2. The number of amides is 1. The molecule has 2 aromatic carbocycles. The molecule has 0 radical (unpaired) electrons. The van der Waals surface area contributed by atoms with Gasteiger partial charge in [0.2, 0.25) is 0 Å². The zero-order chi connectivity index (χ0) is 18.0. The minimum absolute atomic E-state index is 0.00626. The van der Waals surface area contributed by atoms with Gasteiger partial charge in [-0.05, 0) is 36.5 Å². The Morgan fingerprint density at radius 3 is 2.80 bits per heavy atom. The summed E-state index contributed by atoms with van der Waals surface area (Å²) in [4.78, 5) is 26.8. The molecular weight excluding hydrogens is 428 g/mol. The molecule has 0 aliphatic carbocycles. The maximum Gasteiger partial charge on any atom is 0.270 e. The summed E-state index contributed by atoms with van der Waals surface area (Å²) in [6, 6.07) is 11.3. The van der Waals surface area contributed by atoms with Crippen molar-refractivity contribution in [3.05, 3.63) is 62.6 Å². The zero-order valence-electron chi connectivity index (χ0n) is 12.4. The molecule has 0 spiro atoms. The number of thiocarbonyl (C=S) groups is 1. The Labute approximate surface area is 159 Å². The molecule has 0 fully saturated rings. The summed E-state index contributed by atoms with van der Waals surface area (Å²) in [5, 5.41) is 16.7. The minimum Gasteiger partial charge on any atom is -0.308 e. The van der Waals surface area contributed by atoms with Gasteiger partial charge in [0, 0.05) is 22.2 Å². The number of non-ortho nitro benzene ring substituents is 1. The number of rotatable bonds is 3. The highest BCUT2D eigenvalue weighted by atomic mass is 79.9. The van der Waals surface area contributed by atoms with Gasteiger partial charge in [-0.25, -0.2) is 4.98 Å². The van der Waals surface area contributed by atoms with Crippen molar-refractivity contribution in [2.45, 2.75) is 0 Å². The lowest BCUT2D eigenvalue weighted by atomic mass is 10.2. The van der Waals surface area contributed by atoms with Crippen molar-refractivity contribution >= 4 is 71.5 Å². The van der Waals surface area contributed by atoms with Crippen LogP contribution in [0, 0.1) is 10.1 Å². The van der Waals surface area contributed by atoms with Crippen LogP contribution in [0.15, 0.2) is 46.9 Å². The van der Waals surface area contributed by atoms with E-state index >= 15 is 0 Å². The summed E-state index contributed by atoms with van der Waals surface area (Å²) in [5.74, 6) is -0.351. The van der Waals surface area contributed by atoms with E-state index in [4.69, 9.17) is 12.2 Å². The SMILES string of the molecule is O=C(NC(=S)Nc1nc2ccc([N+](=O)[O-])cc2s1)c1cccc(Br)c1. The van der Waals surface area contributed by atoms with E-state index in [1.165, 1.54) is 23.5 Å². The third kappa shape index (κ3) is 4.16. The van der Waals surface area contributed by atoms with E-state index in [9.17, 15) is 14.9 Å². The molecule has 1 amide bonds. The van der Waals surface area contributed by atoms with E-state index in [-0.39, 0.29) is 16.7 Å². The highest BCUT2D eigenvalue weighted by molar-refractivity contribution is 9.10. The summed E-state index contributed by atoms with van der Waals surface area (Å²) in [5.41, 5.74) is 1.06. The second-order valence-corrected chi connectivity index (χ2v) is 7.20. The fraction of sp³-hybridized carbons (Fsp3) is 0. The molecule has 25 heavy (non-hydrogen) atoms. The van der Waals surface area contributed by atoms with Crippen molar-refractivity contribution in [3.63, 3.8) is 0 Å². The van der Waals surface area contributed by atoms with Gasteiger partial charge in [-0.1, -0.05) is 33.3 Å². The Kier molecular flexibility index (Phi) is 5.02. The Balaban J connectivity index is 1.71. The molecule has 10 heteroatoms. The maximum atomic E-state index is 12.1. The van der Waals surface area contributed by atoms with E-state index in [1.54, 1.807) is 24.3 Å². The number of carbonyl (C=O) groups excluding carboxylic acids is 1. The third-order valence-corrected chi connectivity index (χ3v) is 4.75. The largest absolute Gasteiger partial charge is 0.308 e. The van der Waals surface area contributed by atoms with Crippen LogP contribution in [0.2, 0.25) is 0 Å². The van der Waals surface area contributed by atoms with Crippen LogP contribution < -0.4 is 10.6 Å². The smallest absolute Gasteiger partial charge is 0.270 e. The van der Waals surface area contributed by atoms with Gasteiger partial charge in [0.05, 0.1) is 15.1 Å². The zero-order valence-corrected chi connectivity index (χ0v) is 15.6. The predicted molar refractivity (Wildman–Crippen MR) is 104 cm³/mol. The van der Waals surface area contributed by atoms with Crippen molar-refractivity contribution in [1.29, 1.82) is 0 Å². The fourth-order valence-corrected chi connectivity index (χ4v) is 3.57. The molecule has 3 aromatic rings. The molecule has 2 N–H and O–H groups in total. The molecule has 7 nitrogen and oxygen atoms in total. The lowest BCUT2D eigenvalue weighted by molar-refractivity contribution is -0.384. The van der Waals surface area contributed by atoms with Crippen LogP contribution in [0.25, 0.3) is 10.2 Å². The number of hydrogen-bond donors (Lipinski definition) is 2. The van der Waals surface area contributed by atoms with Gasteiger partial charge < -0.3 is 5.32 Å². The minimum atomic E-state index is -0.463. The van der Waals surface area contributed by atoms with Gasteiger partial charge in [0.25, 0.3) is 11.6 Å². The number of nitro groups is 1. The first-order valence-electron chi connectivity index (χ1n) is 6.85. The normalized spacial score (nSPS) is 10.4. The van der Waals surface area contributed by atoms with Crippen molar-refractivity contribution in [3.8, 4) is 0 Å². The number of carbonyl (C=O) groups is 1. The van der Waals surface area contributed by atoms with Crippen molar-refractivity contribution < 1.29 is 9.72 Å². The number of halogens is 1. The first-order chi connectivity index (χ1) is 11.9. The van der Waals surface area contributed by atoms with Gasteiger partial charge in [-0.15, -0.1) is 0 Å². The molecule has 0 bridgehead atoms. The summed E-state index contributed by atoms with van der Waals surface area (Å²) >= 11 is 9.63. The summed E-state index contributed by atoms with van der Waals surface area (Å²) in [6.45, 7) is 0. The van der Waals surface area contributed by atoms with Crippen LogP contribution in [0.5, 0.6) is 0 Å². The van der Waals surface area contributed by atoms with Crippen LogP contribution in [0.3, 0.4) is 0 Å². The van der Waals surface area contributed by atoms with Crippen LogP contribution in [-0.4, -0.2) is 20.9 Å². The van der Waals surface area contributed by atoms with E-state index in [1.807, 2.05) is 6.07 Å². The molecule has 3 rings (SSSR count). The van der Waals surface area contributed by atoms with Crippen LogP contribution in [0.1, 0.15) is 10.4 Å². The van der Waals surface area contributed by atoms with Crippen LogP contribution >= 0.6 is 39.5 Å². The molecule has 1 aromatic heterocycles. The number of nitrogens with zero attached hydrogens (tertiary/aromatic N) is 2. The Bertz CT molecular complexity index is 1010. The van der Waals surface area contributed by atoms with Gasteiger partial charge in [0.15, 0.2) is 10.2 Å². The summed E-state index contributed by atoms with van der Waals surface area (Å²) in [7, 11) is 0. The van der Waals surface area contributed by atoms with Gasteiger partial charge in [0.1, 0.15) is 0 Å². The molecular formula is C15H9BrN4O3S2. The number of hydrogen-bond acceptors (Lipinski definition) is 6. The highest BCUT2D eigenvalue weighted by Gasteiger charge is 2.12. The van der Waals surface area contributed by atoms with E-state index in [0.29, 0.717) is 20.9 Å². The number of anilines is 1. The molecule has 0 saturated heterocycles. The number of fused-ring (bicyclic) bond motifs is 1. The van der Waals surface area contributed by atoms with Crippen LogP contribution in [0.4, 0.5) is 10.8 Å². The first-order valence-corrected chi connectivity index (χ1v) is 8.87. The predicted octanol–water partition coefficient (Wildman–Crippen LogP) is 4.09.